The summed E-state index contributed by atoms with van der Waals surface area (Å²) in [5.41, 5.74) is 8.96. The Morgan fingerprint density at radius 2 is 2.25 bits per heavy atom. The van der Waals surface area contributed by atoms with Gasteiger partial charge in [0.25, 0.3) is 0 Å². The summed E-state index contributed by atoms with van der Waals surface area (Å²) in [6.07, 6.45) is 2.76. The molecule has 16 heavy (non-hydrogen) atoms. The molecule has 1 aromatic heterocycles. The average molecular weight is 216 g/mol. The van der Waals surface area contributed by atoms with E-state index in [0.717, 1.165) is 17.8 Å². The molecule has 4 heteroatoms. The standard InChI is InChI=1S/C12H16N4/c1-3-11(13)12-8-16(15-14-12)10-6-4-5-9(2)7-10/h4-8,11H,3,13H2,1-2H3. The van der Waals surface area contributed by atoms with Gasteiger partial charge in [-0.3, -0.25) is 0 Å². The minimum absolute atomic E-state index is 0.0291. The second-order valence-corrected chi connectivity index (χ2v) is 3.94. The lowest BCUT2D eigenvalue weighted by Gasteiger charge is -2.02. The third-order valence-electron chi connectivity index (χ3n) is 2.60. The number of aromatic nitrogens is 3. The van der Waals surface area contributed by atoms with Gasteiger partial charge >= 0.3 is 0 Å². The summed E-state index contributed by atoms with van der Waals surface area (Å²) in [5, 5.41) is 8.16. The molecule has 1 aromatic carbocycles. The van der Waals surface area contributed by atoms with Crippen LogP contribution >= 0.6 is 0 Å². The highest BCUT2D eigenvalue weighted by Gasteiger charge is 2.08. The molecule has 2 rings (SSSR count). The highest BCUT2D eigenvalue weighted by atomic mass is 15.4. The molecule has 0 fully saturated rings. The topological polar surface area (TPSA) is 56.7 Å². The van der Waals surface area contributed by atoms with E-state index < -0.39 is 0 Å². The van der Waals surface area contributed by atoms with Crippen LogP contribution in [0.15, 0.2) is 30.5 Å². The molecule has 0 saturated carbocycles. The summed E-state index contributed by atoms with van der Waals surface area (Å²) in [5.74, 6) is 0. The van der Waals surface area contributed by atoms with E-state index in [9.17, 15) is 0 Å². The molecule has 1 atom stereocenters. The molecule has 2 N–H and O–H groups in total. The Morgan fingerprint density at radius 3 is 2.94 bits per heavy atom. The largest absolute Gasteiger partial charge is 0.323 e. The lowest BCUT2D eigenvalue weighted by Crippen LogP contribution is -2.08. The van der Waals surface area contributed by atoms with Crippen LogP contribution in [0.5, 0.6) is 0 Å². The van der Waals surface area contributed by atoms with Crippen molar-refractivity contribution >= 4 is 0 Å². The number of aryl methyl sites for hydroxylation is 1. The maximum absolute atomic E-state index is 5.90. The number of hydrogen-bond acceptors (Lipinski definition) is 3. The van der Waals surface area contributed by atoms with Crippen molar-refractivity contribution in [1.29, 1.82) is 0 Å². The lowest BCUT2D eigenvalue weighted by atomic mass is 10.2. The van der Waals surface area contributed by atoms with Crippen molar-refractivity contribution in [3.63, 3.8) is 0 Å². The van der Waals surface area contributed by atoms with Crippen LogP contribution in [0.4, 0.5) is 0 Å². The highest BCUT2D eigenvalue weighted by Crippen LogP contribution is 2.13. The number of hydrogen-bond donors (Lipinski definition) is 1. The summed E-state index contributed by atoms with van der Waals surface area (Å²) in [6, 6.07) is 8.10. The van der Waals surface area contributed by atoms with Crippen molar-refractivity contribution in [2.45, 2.75) is 26.3 Å². The molecule has 0 bridgehead atoms. The fourth-order valence-electron chi connectivity index (χ4n) is 1.55. The first-order valence-electron chi connectivity index (χ1n) is 5.45. The minimum Gasteiger partial charge on any atom is -0.323 e. The van der Waals surface area contributed by atoms with E-state index in [2.05, 4.69) is 29.4 Å². The van der Waals surface area contributed by atoms with Crippen molar-refractivity contribution in [3.05, 3.63) is 41.7 Å². The Bertz CT molecular complexity index is 475. The van der Waals surface area contributed by atoms with Crippen LogP contribution in [0.3, 0.4) is 0 Å². The van der Waals surface area contributed by atoms with Gasteiger partial charge in [0, 0.05) is 0 Å². The quantitative estimate of drug-likeness (QED) is 0.853. The average Bonchev–Trinajstić information content (AvgIpc) is 2.77. The number of rotatable bonds is 3. The summed E-state index contributed by atoms with van der Waals surface area (Å²) in [7, 11) is 0. The van der Waals surface area contributed by atoms with Crippen LogP contribution in [0.25, 0.3) is 5.69 Å². The van der Waals surface area contributed by atoms with E-state index in [1.807, 2.05) is 25.3 Å². The third kappa shape index (κ3) is 2.12. The van der Waals surface area contributed by atoms with E-state index >= 15 is 0 Å². The van der Waals surface area contributed by atoms with Crippen LogP contribution < -0.4 is 5.73 Å². The lowest BCUT2D eigenvalue weighted by molar-refractivity contribution is 0.670. The minimum atomic E-state index is -0.0291. The molecule has 0 aliphatic carbocycles. The van der Waals surface area contributed by atoms with Gasteiger partial charge < -0.3 is 5.73 Å². The van der Waals surface area contributed by atoms with E-state index in [1.54, 1.807) is 4.68 Å². The summed E-state index contributed by atoms with van der Waals surface area (Å²) in [4.78, 5) is 0. The Morgan fingerprint density at radius 1 is 1.44 bits per heavy atom. The van der Waals surface area contributed by atoms with Crippen LogP contribution in [-0.4, -0.2) is 15.0 Å². The zero-order valence-corrected chi connectivity index (χ0v) is 9.59. The number of nitrogens with zero attached hydrogens (tertiary/aromatic N) is 3. The van der Waals surface area contributed by atoms with Gasteiger partial charge in [0.1, 0.15) is 0 Å². The second kappa shape index (κ2) is 4.45. The molecular formula is C12H16N4. The van der Waals surface area contributed by atoms with Crippen molar-refractivity contribution < 1.29 is 0 Å². The van der Waals surface area contributed by atoms with Gasteiger partial charge in [-0.1, -0.05) is 24.3 Å². The fraction of sp³-hybridized carbons (Fsp3) is 0.333. The summed E-state index contributed by atoms with van der Waals surface area (Å²) >= 11 is 0. The van der Waals surface area contributed by atoms with Crippen molar-refractivity contribution in [2.75, 3.05) is 0 Å². The van der Waals surface area contributed by atoms with Crippen molar-refractivity contribution in [2.24, 2.45) is 5.73 Å². The maximum Gasteiger partial charge on any atom is 0.0998 e. The first-order chi connectivity index (χ1) is 7.70. The van der Waals surface area contributed by atoms with Gasteiger partial charge in [-0.25, -0.2) is 4.68 Å². The van der Waals surface area contributed by atoms with Gasteiger partial charge in [-0.15, -0.1) is 5.10 Å². The van der Waals surface area contributed by atoms with Crippen molar-refractivity contribution in [1.82, 2.24) is 15.0 Å². The molecule has 1 unspecified atom stereocenters. The molecule has 0 amide bonds. The van der Waals surface area contributed by atoms with Gasteiger partial charge in [-0.2, -0.15) is 0 Å². The molecule has 4 nitrogen and oxygen atoms in total. The highest BCUT2D eigenvalue weighted by molar-refractivity contribution is 5.34. The molecule has 0 aliphatic heterocycles. The monoisotopic (exact) mass is 216 g/mol. The van der Waals surface area contributed by atoms with Gasteiger partial charge in [0.05, 0.1) is 23.6 Å². The number of nitrogens with two attached hydrogens (primary N) is 1. The van der Waals surface area contributed by atoms with E-state index in [4.69, 9.17) is 5.73 Å². The van der Waals surface area contributed by atoms with E-state index in [0.29, 0.717) is 0 Å². The zero-order valence-electron chi connectivity index (χ0n) is 9.59. The molecule has 2 aromatic rings. The Balaban J connectivity index is 2.31. The predicted octanol–water partition coefficient (Wildman–Crippen LogP) is 1.99. The molecule has 0 saturated heterocycles. The van der Waals surface area contributed by atoms with Gasteiger partial charge in [-0.05, 0) is 31.0 Å². The van der Waals surface area contributed by atoms with Crippen molar-refractivity contribution in [3.8, 4) is 5.69 Å². The number of benzene rings is 1. The van der Waals surface area contributed by atoms with Crippen LogP contribution in [0, 0.1) is 6.92 Å². The van der Waals surface area contributed by atoms with Crippen LogP contribution in [-0.2, 0) is 0 Å². The van der Waals surface area contributed by atoms with E-state index in [1.165, 1.54) is 5.56 Å². The second-order valence-electron chi connectivity index (χ2n) is 3.94. The molecule has 0 spiro atoms. The van der Waals surface area contributed by atoms with Crippen LogP contribution in [0.1, 0.15) is 30.6 Å². The fourth-order valence-corrected chi connectivity index (χ4v) is 1.55. The maximum atomic E-state index is 5.90. The molecule has 84 valence electrons. The van der Waals surface area contributed by atoms with E-state index in [-0.39, 0.29) is 6.04 Å². The summed E-state index contributed by atoms with van der Waals surface area (Å²) in [6.45, 7) is 4.09. The molecular weight excluding hydrogens is 200 g/mol. The predicted molar refractivity (Wildman–Crippen MR) is 63.3 cm³/mol. The zero-order chi connectivity index (χ0) is 11.5. The van der Waals surface area contributed by atoms with Crippen LogP contribution in [0.2, 0.25) is 0 Å². The Labute approximate surface area is 95.1 Å². The van der Waals surface area contributed by atoms with Gasteiger partial charge in [0.2, 0.25) is 0 Å². The molecule has 1 heterocycles. The van der Waals surface area contributed by atoms with Gasteiger partial charge in [0.15, 0.2) is 0 Å². The molecule has 0 radical (unpaired) electrons. The summed E-state index contributed by atoms with van der Waals surface area (Å²) < 4.78 is 1.76. The SMILES string of the molecule is CCC(N)c1cn(-c2cccc(C)c2)nn1. The normalized spacial score (nSPS) is 12.7. The Hall–Kier alpha value is -1.68. The Kier molecular flexibility index (Phi) is 3.01. The third-order valence-corrected chi connectivity index (χ3v) is 2.60. The smallest absolute Gasteiger partial charge is 0.0998 e. The molecule has 0 aliphatic rings. The first-order valence-corrected chi connectivity index (χ1v) is 5.45. The first kappa shape index (κ1) is 10.8.